The van der Waals surface area contributed by atoms with Crippen molar-refractivity contribution >= 4 is 33.7 Å². The molecule has 0 aromatic carbocycles. The van der Waals surface area contributed by atoms with Crippen molar-refractivity contribution in [2.45, 2.75) is 38.4 Å². The Bertz CT molecular complexity index is 706. The summed E-state index contributed by atoms with van der Waals surface area (Å²) in [7, 11) is 0. The summed E-state index contributed by atoms with van der Waals surface area (Å²) in [6.45, 7) is 3.89. The minimum atomic E-state index is -0.911. The van der Waals surface area contributed by atoms with E-state index in [0.29, 0.717) is 22.0 Å². The highest BCUT2D eigenvalue weighted by Gasteiger charge is 2.17. The first kappa shape index (κ1) is 17.9. The number of carbonyl (C=O) groups is 1. The molecule has 8 heteroatoms. The largest absolute Gasteiger partial charge is 0.481 e. The van der Waals surface area contributed by atoms with Crippen molar-refractivity contribution < 1.29 is 14.3 Å². The Labute approximate surface area is 146 Å². The predicted octanol–water partition coefficient (Wildman–Crippen LogP) is 4.13. The van der Waals surface area contributed by atoms with Crippen molar-refractivity contribution in [3.8, 4) is 0 Å². The second-order valence-electron chi connectivity index (χ2n) is 5.17. The quantitative estimate of drug-likeness (QED) is 0.751. The molecule has 0 amide bonds. The maximum Gasteiger partial charge on any atom is 0.313 e. The van der Waals surface area contributed by atoms with Crippen LogP contribution in [0, 0.1) is 0 Å². The Balaban J connectivity index is 2.29. The van der Waals surface area contributed by atoms with E-state index in [1.807, 2.05) is 19.1 Å². The van der Waals surface area contributed by atoms with Gasteiger partial charge >= 0.3 is 5.97 Å². The molecule has 0 fully saturated rings. The van der Waals surface area contributed by atoms with Crippen LogP contribution in [0.2, 0.25) is 0 Å². The number of carboxylic acids is 1. The Morgan fingerprint density at radius 1 is 1.48 bits per heavy atom. The van der Waals surface area contributed by atoms with Crippen molar-refractivity contribution in [3.63, 3.8) is 0 Å². The number of carboxylic acid groups (broad SMARTS) is 1. The second-order valence-corrected chi connectivity index (χ2v) is 6.82. The van der Waals surface area contributed by atoms with Gasteiger partial charge in [0.25, 0.3) is 0 Å². The van der Waals surface area contributed by atoms with Gasteiger partial charge in [-0.25, -0.2) is 4.39 Å². The number of hydrogen-bond donors (Lipinski definition) is 1. The van der Waals surface area contributed by atoms with Gasteiger partial charge < -0.3 is 5.11 Å². The van der Waals surface area contributed by atoms with Gasteiger partial charge in [-0.3, -0.25) is 9.36 Å². The standard InChI is InChI=1S/C15H17BrFN3O2S/c1-9(11-5-3-4-6-12(11)10(2)17)7-20-14(16)18-19-15(20)23-8-13(21)22/h4,6H,3,5,7-8H2,1-2H3,(H,21,22)/b11-9+,12-10+. The van der Waals surface area contributed by atoms with Crippen molar-refractivity contribution in [1.29, 1.82) is 0 Å². The molecule has 1 aliphatic carbocycles. The lowest BCUT2D eigenvalue weighted by molar-refractivity contribution is -0.133. The summed E-state index contributed by atoms with van der Waals surface area (Å²) in [4.78, 5) is 10.7. The van der Waals surface area contributed by atoms with Gasteiger partial charge in [0.1, 0.15) is 5.83 Å². The van der Waals surface area contributed by atoms with E-state index in [9.17, 15) is 9.18 Å². The van der Waals surface area contributed by atoms with Crippen molar-refractivity contribution in [1.82, 2.24) is 14.8 Å². The predicted molar refractivity (Wildman–Crippen MR) is 91.0 cm³/mol. The van der Waals surface area contributed by atoms with Gasteiger partial charge in [0.05, 0.1) is 5.75 Å². The molecule has 1 heterocycles. The summed E-state index contributed by atoms with van der Waals surface area (Å²) < 4.78 is 16.0. The Hall–Kier alpha value is -1.41. The molecule has 0 atom stereocenters. The van der Waals surface area contributed by atoms with E-state index in [4.69, 9.17) is 5.11 Å². The van der Waals surface area contributed by atoms with Crippen LogP contribution in [0.4, 0.5) is 4.39 Å². The SMILES string of the molecule is C/C(F)=C1/C=CCC/C1=C(/C)Cn1c(Br)nnc1SCC(=O)O. The number of hydrogen-bond acceptors (Lipinski definition) is 4. The molecular formula is C15H17BrFN3O2S. The first-order valence-electron chi connectivity index (χ1n) is 7.05. The minimum Gasteiger partial charge on any atom is -0.481 e. The monoisotopic (exact) mass is 401 g/mol. The van der Waals surface area contributed by atoms with Crippen LogP contribution in [0.3, 0.4) is 0 Å². The first-order valence-corrected chi connectivity index (χ1v) is 8.83. The van der Waals surface area contributed by atoms with E-state index in [1.54, 1.807) is 4.57 Å². The zero-order valence-corrected chi connectivity index (χ0v) is 15.2. The summed E-state index contributed by atoms with van der Waals surface area (Å²) >= 11 is 4.44. The van der Waals surface area contributed by atoms with E-state index in [2.05, 4.69) is 26.1 Å². The molecule has 1 aliphatic rings. The molecule has 5 nitrogen and oxygen atoms in total. The van der Waals surface area contributed by atoms with Crippen LogP contribution in [0.1, 0.15) is 26.7 Å². The average molecular weight is 402 g/mol. The third-order valence-corrected chi connectivity index (χ3v) is 4.99. The van der Waals surface area contributed by atoms with E-state index >= 15 is 0 Å². The molecular weight excluding hydrogens is 385 g/mol. The number of thioether (sulfide) groups is 1. The molecule has 0 aliphatic heterocycles. The maximum atomic E-state index is 13.7. The zero-order valence-electron chi connectivity index (χ0n) is 12.8. The average Bonchev–Trinajstić information content (AvgIpc) is 2.85. The molecule has 0 saturated carbocycles. The van der Waals surface area contributed by atoms with E-state index in [0.717, 1.165) is 35.7 Å². The zero-order chi connectivity index (χ0) is 17.0. The first-order chi connectivity index (χ1) is 10.9. The number of rotatable bonds is 5. The highest BCUT2D eigenvalue weighted by Crippen LogP contribution is 2.31. The highest BCUT2D eigenvalue weighted by atomic mass is 79.9. The Kier molecular flexibility index (Phi) is 6.17. The molecule has 0 saturated heterocycles. The highest BCUT2D eigenvalue weighted by molar-refractivity contribution is 9.10. The minimum absolute atomic E-state index is 0.0851. The lowest BCUT2D eigenvalue weighted by Crippen LogP contribution is -2.08. The number of halogens is 2. The molecule has 0 spiro atoms. The summed E-state index contributed by atoms with van der Waals surface area (Å²) in [5.74, 6) is -1.19. The summed E-state index contributed by atoms with van der Waals surface area (Å²) in [6, 6.07) is 0. The van der Waals surface area contributed by atoms with Crippen molar-refractivity contribution in [2.24, 2.45) is 0 Å². The Morgan fingerprint density at radius 3 is 2.87 bits per heavy atom. The summed E-state index contributed by atoms with van der Waals surface area (Å²) in [5, 5.41) is 17.2. The smallest absolute Gasteiger partial charge is 0.313 e. The van der Waals surface area contributed by atoms with Crippen LogP contribution in [-0.4, -0.2) is 31.6 Å². The van der Waals surface area contributed by atoms with Crippen molar-refractivity contribution in [3.05, 3.63) is 39.4 Å². The topological polar surface area (TPSA) is 68.0 Å². The lowest BCUT2D eigenvalue weighted by atomic mass is 9.91. The third-order valence-electron chi connectivity index (χ3n) is 3.45. The van der Waals surface area contributed by atoms with Crippen LogP contribution in [-0.2, 0) is 11.3 Å². The molecule has 23 heavy (non-hydrogen) atoms. The number of allylic oxidation sites excluding steroid dienone is 6. The second kappa shape index (κ2) is 7.92. The summed E-state index contributed by atoms with van der Waals surface area (Å²) in [6.07, 6.45) is 5.46. The van der Waals surface area contributed by atoms with E-state index < -0.39 is 5.97 Å². The molecule has 1 aromatic heterocycles. The molecule has 2 rings (SSSR count). The van der Waals surface area contributed by atoms with Gasteiger partial charge in [0.15, 0.2) is 5.16 Å². The van der Waals surface area contributed by atoms with Gasteiger partial charge in [-0.2, -0.15) is 0 Å². The fourth-order valence-electron chi connectivity index (χ4n) is 2.40. The summed E-state index contributed by atoms with van der Waals surface area (Å²) in [5.41, 5.74) is 2.64. The molecule has 0 bridgehead atoms. The van der Waals surface area contributed by atoms with Crippen LogP contribution in [0.25, 0.3) is 0 Å². The normalized spacial score (nSPS) is 19.0. The molecule has 1 aromatic rings. The van der Waals surface area contributed by atoms with E-state index in [-0.39, 0.29) is 11.6 Å². The van der Waals surface area contributed by atoms with Gasteiger partial charge in [0, 0.05) is 12.1 Å². The lowest BCUT2D eigenvalue weighted by Gasteiger charge is -2.18. The molecule has 0 unspecified atom stereocenters. The van der Waals surface area contributed by atoms with Crippen LogP contribution in [0.15, 0.2) is 44.6 Å². The van der Waals surface area contributed by atoms with Crippen LogP contribution in [0.5, 0.6) is 0 Å². The number of nitrogens with zero attached hydrogens (tertiary/aromatic N) is 3. The number of aromatic nitrogens is 3. The fourth-order valence-corrected chi connectivity index (χ4v) is 3.55. The number of aliphatic carboxylic acids is 1. The maximum absolute atomic E-state index is 13.7. The van der Waals surface area contributed by atoms with E-state index in [1.165, 1.54) is 6.92 Å². The van der Waals surface area contributed by atoms with Gasteiger partial charge in [-0.15, -0.1) is 10.2 Å². The van der Waals surface area contributed by atoms with Gasteiger partial charge in [0.2, 0.25) is 4.73 Å². The van der Waals surface area contributed by atoms with Crippen LogP contribution >= 0.6 is 27.7 Å². The van der Waals surface area contributed by atoms with Gasteiger partial charge in [-0.1, -0.05) is 23.9 Å². The van der Waals surface area contributed by atoms with Crippen molar-refractivity contribution in [2.75, 3.05) is 5.75 Å². The molecule has 0 radical (unpaired) electrons. The van der Waals surface area contributed by atoms with Gasteiger partial charge in [-0.05, 0) is 53.8 Å². The Morgan fingerprint density at radius 2 is 2.22 bits per heavy atom. The molecule has 124 valence electrons. The third kappa shape index (κ3) is 4.54. The fraction of sp³-hybridized carbons (Fsp3) is 0.400. The van der Waals surface area contributed by atoms with Crippen LogP contribution < -0.4 is 0 Å². The molecule has 1 N–H and O–H groups in total.